The number of hydrogen-bond donors (Lipinski definition) is 1. The van der Waals surface area contributed by atoms with E-state index in [2.05, 4.69) is 5.32 Å². The second-order valence-electron chi connectivity index (χ2n) is 8.87. The van der Waals surface area contributed by atoms with Gasteiger partial charge in [0.05, 0.1) is 5.02 Å². The van der Waals surface area contributed by atoms with Crippen molar-refractivity contribution >= 4 is 35.0 Å². The Morgan fingerprint density at radius 2 is 1.53 bits per heavy atom. The molecule has 4 aliphatic carbocycles. The van der Waals surface area contributed by atoms with Gasteiger partial charge in [-0.15, -0.1) is 11.8 Å². The molecular weight excluding hydrogens is 431 g/mol. The molecule has 0 spiro atoms. The van der Waals surface area contributed by atoms with Crippen LogP contribution in [-0.4, -0.2) is 11.2 Å². The molecule has 6 rings (SSSR count). The second-order valence-corrected chi connectivity index (χ2v) is 10.5. The Hall–Kier alpha value is -1.66. The molecule has 2 aromatic rings. The summed E-state index contributed by atoms with van der Waals surface area (Å²) in [6.45, 7) is 0. The van der Waals surface area contributed by atoms with Crippen molar-refractivity contribution in [1.29, 1.82) is 0 Å². The van der Waals surface area contributed by atoms with Gasteiger partial charge in [0, 0.05) is 33.5 Å². The number of carbonyl (C=O) groups is 1. The summed E-state index contributed by atoms with van der Waals surface area (Å²) in [6, 6.07) is 6.52. The third-order valence-electron chi connectivity index (χ3n) is 6.84. The average Bonchev–Trinajstić information content (AvgIpc) is 2.69. The molecule has 4 saturated carbocycles. The number of amides is 1. The summed E-state index contributed by atoms with van der Waals surface area (Å²) >= 11 is 8.21. The van der Waals surface area contributed by atoms with E-state index < -0.39 is 23.4 Å². The highest BCUT2D eigenvalue weighted by atomic mass is 35.5. The molecule has 30 heavy (non-hydrogen) atoms. The van der Waals surface area contributed by atoms with Gasteiger partial charge in [-0.05, 0) is 74.0 Å². The molecule has 7 heteroatoms. The Labute approximate surface area is 182 Å². The van der Waals surface area contributed by atoms with Gasteiger partial charge in [-0.3, -0.25) is 4.79 Å². The number of rotatable bonds is 4. The van der Waals surface area contributed by atoms with Crippen LogP contribution in [0, 0.1) is 41.1 Å². The molecule has 2 nitrogen and oxygen atoms in total. The minimum Gasteiger partial charge on any atom is -0.322 e. The van der Waals surface area contributed by atoms with Crippen molar-refractivity contribution < 1.29 is 18.0 Å². The van der Waals surface area contributed by atoms with E-state index in [1.165, 1.54) is 32.1 Å². The van der Waals surface area contributed by atoms with Crippen LogP contribution in [0.5, 0.6) is 0 Å². The van der Waals surface area contributed by atoms with Crippen LogP contribution in [0.25, 0.3) is 0 Å². The molecule has 0 saturated heterocycles. The van der Waals surface area contributed by atoms with Gasteiger partial charge < -0.3 is 5.32 Å². The average molecular weight is 452 g/mol. The minimum atomic E-state index is -1.56. The second kappa shape index (κ2) is 7.79. The summed E-state index contributed by atoms with van der Waals surface area (Å²) in [5.74, 6) is -1.59. The molecule has 1 N–H and O–H groups in total. The van der Waals surface area contributed by atoms with Crippen LogP contribution in [0.4, 0.5) is 18.9 Å². The lowest BCUT2D eigenvalue weighted by molar-refractivity contribution is 0.0267. The van der Waals surface area contributed by atoms with E-state index >= 15 is 0 Å². The van der Waals surface area contributed by atoms with Crippen molar-refractivity contribution in [3.05, 3.63) is 58.4 Å². The van der Waals surface area contributed by atoms with Crippen LogP contribution < -0.4 is 5.32 Å². The number of carbonyl (C=O) groups excluding carboxylic acids is 1. The van der Waals surface area contributed by atoms with Gasteiger partial charge in [0.2, 0.25) is 0 Å². The van der Waals surface area contributed by atoms with Crippen molar-refractivity contribution in [2.75, 3.05) is 5.32 Å². The summed E-state index contributed by atoms with van der Waals surface area (Å²) in [6.07, 6.45) is 6.58. The fraction of sp³-hybridized carbons (Fsp3) is 0.435. The van der Waals surface area contributed by atoms with Gasteiger partial charge >= 0.3 is 0 Å². The van der Waals surface area contributed by atoms with Gasteiger partial charge in [-0.1, -0.05) is 11.6 Å². The van der Waals surface area contributed by atoms with E-state index in [0.717, 1.165) is 28.9 Å². The molecule has 0 aliphatic heterocycles. The molecule has 0 radical (unpaired) electrons. The first-order chi connectivity index (χ1) is 14.4. The standard InChI is InChI=1S/C23H21ClF3NOS/c24-17-2-1-13(23(29)28-16-9-18(25)21(27)19(26)10-16)8-20(17)30-22-14-4-11-3-12(6-14)7-15(22)5-11/h1-2,8-12,14-15,22H,3-7H2,(H,28,29)/t11-,12+,14?,15?,22-. The minimum absolute atomic E-state index is 0.137. The van der Waals surface area contributed by atoms with Crippen molar-refractivity contribution in [1.82, 2.24) is 0 Å². The van der Waals surface area contributed by atoms with Crippen molar-refractivity contribution in [2.24, 2.45) is 23.7 Å². The Morgan fingerprint density at radius 1 is 0.933 bits per heavy atom. The third-order valence-corrected chi connectivity index (χ3v) is 8.91. The maximum atomic E-state index is 13.4. The fourth-order valence-electron chi connectivity index (χ4n) is 5.78. The molecule has 4 fully saturated rings. The Morgan fingerprint density at radius 3 is 2.13 bits per heavy atom. The van der Waals surface area contributed by atoms with Gasteiger partial charge in [0.25, 0.3) is 5.91 Å². The highest BCUT2D eigenvalue weighted by Crippen LogP contribution is 2.58. The lowest BCUT2D eigenvalue weighted by Crippen LogP contribution is -2.46. The molecule has 0 unspecified atom stereocenters. The molecule has 1 amide bonds. The number of halogens is 4. The first-order valence-corrected chi connectivity index (χ1v) is 11.5. The summed E-state index contributed by atoms with van der Waals surface area (Å²) in [5.41, 5.74) is 0.206. The van der Waals surface area contributed by atoms with E-state index in [9.17, 15) is 18.0 Å². The van der Waals surface area contributed by atoms with E-state index in [1.54, 1.807) is 30.0 Å². The van der Waals surface area contributed by atoms with Gasteiger partial charge in [-0.2, -0.15) is 0 Å². The van der Waals surface area contributed by atoms with Gasteiger partial charge in [-0.25, -0.2) is 13.2 Å². The molecule has 0 atom stereocenters. The van der Waals surface area contributed by atoms with Crippen LogP contribution in [0.1, 0.15) is 42.5 Å². The largest absolute Gasteiger partial charge is 0.322 e. The molecular formula is C23H21ClF3NOS. The van der Waals surface area contributed by atoms with Gasteiger partial charge in [0.1, 0.15) is 0 Å². The van der Waals surface area contributed by atoms with E-state index in [1.807, 2.05) is 0 Å². The highest BCUT2D eigenvalue weighted by molar-refractivity contribution is 8.00. The zero-order chi connectivity index (χ0) is 21.0. The van der Waals surface area contributed by atoms with E-state index in [-0.39, 0.29) is 5.69 Å². The Balaban J connectivity index is 1.34. The first kappa shape index (κ1) is 20.3. The van der Waals surface area contributed by atoms with Crippen LogP contribution in [-0.2, 0) is 0 Å². The van der Waals surface area contributed by atoms with Crippen molar-refractivity contribution in [2.45, 2.75) is 42.2 Å². The monoisotopic (exact) mass is 451 g/mol. The smallest absolute Gasteiger partial charge is 0.255 e. The molecule has 2 aromatic carbocycles. The van der Waals surface area contributed by atoms with Crippen LogP contribution in [0.2, 0.25) is 5.02 Å². The van der Waals surface area contributed by atoms with Crippen LogP contribution in [0.3, 0.4) is 0 Å². The van der Waals surface area contributed by atoms with E-state index in [4.69, 9.17) is 11.6 Å². The predicted octanol–water partition coefficient (Wildman–Crippen LogP) is 6.93. The third kappa shape index (κ3) is 3.73. The molecule has 4 aliphatic rings. The lowest BCUT2D eigenvalue weighted by atomic mass is 9.56. The zero-order valence-corrected chi connectivity index (χ0v) is 17.7. The van der Waals surface area contributed by atoms with Crippen molar-refractivity contribution in [3.8, 4) is 0 Å². The summed E-state index contributed by atoms with van der Waals surface area (Å²) in [7, 11) is 0. The van der Waals surface area contributed by atoms with Crippen molar-refractivity contribution in [3.63, 3.8) is 0 Å². The van der Waals surface area contributed by atoms with E-state index in [0.29, 0.717) is 27.7 Å². The maximum absolute atomic E-state index is 13.4. The summed E-state index contributed by atoms with van der Waals surface area (Å²) in [4.78, 5) is 13.5. The Bertz CT molecular complexity index is 963. The molecule has 158 valence electrons. The van der Waals surface area contributed by atoms with Crippen LogP contribution >= 0.6 is 23.4 Å². The number of benzene rings is 2. The first-order valence-electron chi connectivity index (χ1n) is 10.3. The van der Waals surface area contributed by atoms with Crippen LogP contribution in [0.15, 0.2) is 35.2 Å². The normalized spacial score (nSPS) is 29.3. The molecule has 4 bridgehead atoms. The molecule has 0 aromatic heterocycles. The zero-order valence-electron chi connectivity index (χ0n) is 16.1. The molecule has 0 heterocycles. The van der Waals surface area contributed by atoms with Gasteiger partial charge in [0.15, 0.2) is 17.5 Å². The highest BCUT2D eigenvalue weighted by Gasteiger charge is 2.48. The topological polar surface area (TPSA) is 29.1 Å². The number of nitrogens with one attached hydrogen (secondary N) is 1. The Kier molecular flexibility index (Phi) is 5.26. The fourth-order valence-corrected chi connectivity index (χ4v) is 7.53. The quantitative estimate of drug-likeness (QED) is 0.511. The predicted molar refractivity (Wildman–Crippen MR) is 112 cm³/mol. The number of hydrogen-bond acceptors (Lipinski definition) is 2. The SMILES string of the molecule is O=C(Nc1cc(F)c(F)c(F)c1)c1ccc(Cl)c(S[C@H]2C3C[C@@H]4CC2C[C@H](C3)C4)c1. The number of anilines is 1. The lowest BCUT2D eigenvalue weighted by Gasteiger charge is -2.54. The maximum Gasteiger partial charge on any atom is 0.255 e. The number of thioether (sulfide) groups is 1. The summed E-state index contributed by atoms with van der Waals surface area (Å²) in [5, 5.41) is 3.55. The summed E-state index contributed by atoms with van der Waals surface area (Å²) < 4.78 is 40.0.